The highest BCUT2D eigenvalue weighted by atomic mass is 16.5. The van der Waals surface area contributed by atoms with E-state index in [0.29, 0.717) is 11.3 Å². The average molecular weight is 347 g/mol. The molecule has 3 aromatic rings. The quantitative estimate of drug-likeness (QED) is 0.529. The smallest absolute Gasteiger partial charge is 0.291 e. The Hall–Kier alpha value is -3.60. The zero-order chi connectivity index (χ0) is 18.4. The second-order valence-electron chi connectivity index (χ2n) is 5.48. The molecule has 130 valence electrons. The van der Waals surface area contributed by atoms with E-state index in [-0.39, 0.29) is 17.5 Å². The Morgan fingerprint density at radius 2 is 1.73 bits per heavy atom. The fourth-order valence-electron chi connectivity index (χ4n) is 2.30. The summed E-state index contributed by atoms with van der Waals surface area (Å²) in [5.41, 5.74) is 2.02. The third-order valence-corrected chi connectivity index (χ3v) is 3.72. The zero-order valence-corrected chi connectivity index (χ0v) is 14.1. The number of nitrogens with one attached hydrogen (secondary N) is 1. The fourth-order valence-corrected chi connectivity index (χ4v) is 2.30. The molecule has 0 spiro atoms. The van der Waals surface area contributed by atoms with E-state index in [4.69, 9.17) is 9.15 Å². The maximum Gasteiger partial charge on any atom is 0.291 e. The zero-order valence-electron chi connectivity index (χ0n) is 14.1. The van der Waals surface area contributed by atoms with Crippen molar-refractivity contribution in [3.05, 3.63) is 89.9 Å². The number of hydrogen-bond donors (Lipinski definition) is 1. The van der Waals surface area contributed by atoms with Gasteiger partial charge in [0.05, 0.1) is 13.4 Å². The van der Waals surface area contributed by atoms with Gasteiger partial charge in [-0.1, -0.05) is 18.2 Å². The Balaban J connectivity index is 1.62. The molecule has 5 nitrogen and oxygen atoms in total. The molecule has 3 rings (SSSR count). The van der Waals surface area contributed by atoms with Gasteiger partial charge in [-0.25, -0.2) is 0 Å². The summed E-state index contributed by atoms with van der Waals surface area (Å²) >= 11 is 0. The van der Waals surface area contributed by atoms with E-state index in [0.717, 1.165) is 11.3 Å². The van der Waals surface area contributed by atoms with Crippen LogP contribution in [0, 0.1) is 0 Å². The molecule has 1 heterocycles. The second kappa shape index (κ2) is 7.98. The van der Waals surface area contributed by atoms with Crippen LogP contribution in [0.3, 0.4) is 0 Å². The summed E-state index contributed by atoms with van der Waals surface area (Å²) in [5, 5.41) is 2.71. The van der Waals surface area contributed by atoms with Gasteiger partial charge in [-0.2, -0.15) is 0 Å². The van der Waals surface area contributed by atoms with Gasteiger partial charge in [0.1, 0.15) is 5.75 Å². The Kier molecular flexibility index (Phi) is 5.29. The molecule has 1 N–H and O–H groups in total. The van der Waals surface area contributed by atoms with E-state index in [1.807, 2.05) is 24.3 Å². The summed E-state index contributed by atoms with van der Waals surface area (Å²) in [6, 6.07) is 17.3. The van der Waals surface area contributed by atoms with Gasteiger partial charge < -0.3 is 14.5 Å². The van der Waals surface area contributed by atoms with Gasteiger partial charge in [0.25, 0.3) is 5.91 Å². The van der Waals surface area contributed by atoms with E-state index in [1.54, 1.807) is 49.6 Å². The highest BCUT2D eigenvalue weighted by Gasteiger charge is 2.09. The highest BCUT2D eigenvalue weighted by Crippen LogP contribution is 2.15. The molecule has 0 radical (unpaired) electrons. The van der Waals surface area contributed by atoms with E-state index in [1.165, 1.54) is 12.3 Å². The molecule has 2 aromatic carbocycles. The molecule has 0 fully saturated rings. The van der Waals surface area contributed by atoms with Crippen LogP contribution in [0.1, 0.15) is 26.5 Å². The van der Waals surface area contributed by atoms with Crippen LogP contribution in [0.4, 0.5) is 5.69 Å². The number of rotatable bonds is 6. The maximum atomic E-state index is 12.2. The van der Waals surface area contributed by atoms with Crippen molar-refractivity contribution in [1.29, 1.82) is 0 Å². The molecule has 1 aromatic heterocycles. The highest BCUT2D eigenvalue weighted by molar-refractivity contribution is 6.07. The van der Waals surface area contributed by atoms with Gasteiger partial charge in [-0.15, -0.1) is 0 Å². The van der Waals surface area contributed by atoms with Crippen LogP contribution >= 0.6 is 0 Å². The number of ether oxygens (including phenoxy) is 1. The third-order valence-electron chi connectivity index (χ3n) is 3.72. The van der Waals surface area contributed by atoms with Gasteiger partial charge in [0.2, 0.25) is 0 Å². The summed E-state index contributed by atoms with van der Waals surface area (Å²) in [5.74, 6) is 0.534. The Morgan fingerprint density at radius 1 is 1.00 bits per heavy atom. The average Bonchev–Trinajstić information content (AvgIpc) is 3.22. The SMILES string of the molecule is COc1ccc(/C=C/C(=O)c2ccc(NC(=O)c3ccco3)cc2)cc1. The van der Waals surface area contributed by atoms with Crippen molar-refractivity contribution in [3.63, 3.8) is 0 Å². The predicted molar refractivity (Wildman–Crippen MR) is 99.5 cm³/mol. The normalized spacial score (nSPS) is 10.7. The fraction of sp³-hybridized carbons (Fsp3) is 0.0476. The maximum absolute atomic E-state index is 12.2. The molecule has 0 unspecified atom stereocenters. The standard InChI is InChI=1S/C21H17NO4/c1-25-18-11-4-15(5-12-18)6-13-19(23)16-7-9-17(10-8-16)22-21(24)20-3-2-14-26-20/h2-14H,1H3,(H,22,24)/b13-6+. The van der Waals surface area contributed by atoms with Crippen LogP contribution in [-0.4, -0.2) is 18.8 Å². The number of benzene rings is 2. The molecule has 26 heavy (non-hydrogen) atoms. The van der Waals surface area contributed by atoms with E-state index in [9.17, 15) is 9.59 Å². The summed E-state index contributed by atoms with van der Waals surface area (Å²) in [6.07, 6.45) is 4.69. The van der Waals surface area contributed by atoms with Gasteiger partial charge in [-0.3, -0.25) is 9.59 Å². The van der Waals surface area contributed by atoms with Crippen LogP contribution in [0.2, 0.25) is 0 Å². The minimum Gasteiger partial charge on any atom is -0.497 e. The molecule has 1 amide bonds. The van der Waals surface area contributed by atoms with Crippen LogP contribution in [0.5, 0.6) is 5.75 Å². The molecule has 5 heteroatoms. The van der Waals surface area contributed by atoms with Crippen molar-refractivity contribution in [1.82, 2.24) is 0 Å². The monoisotopic (exact) mass is 347 g/mol. The molecule has 0 saturated carbocycles. The van der Waals surface area contributed by atoms with Crippen molar-refractivity contribution in [2.24, 2.45) is 0 Å². The van der Waals surface area contributed by atoms with Crippen molar-refractivity contribution in [3.8, 4) is 5.75 Å². The Bertz CT molecular complexity index is 908. The topological polar surface area (TPSA) is 68.5 Å². The summed E-state index contributed by atoms with van der Waals surface area (Å²) < 4.78 is 10.1. The first-order valence-electron chi connectivity index (χ1n) is 7.97. The van der Waals surface area contributed by atoms with Gasteiger partial charge in [0, 0.05) is 11.3 Å². The number of hydrogen-bond acceptors (Lipinski definition) is 4. The van der Waals surface area contributed by atoms with Crippen LogP contribution in [0.25, 0.3) is 6.08 Å². The number of methoxy groups -OCH3 is 1. The van der Waals surface area contributed by atoms with E-state index >= 15 is 0 Å². The Labute approximate surface area is 150 Å². The number of amides is 1. The van der Waals surface area contributed by atoms with Gasteiger partial charge >= 0.3 is 0 Å². The van der Waals surface area contributed by atoms with Crippen molar-refractivity contribution in [2.75, 3.05) is 12.4 Å². The van der Waals surface area contributed by atoms with Crippen LogP contribution < -0.4 is 10.1 Å². The third kappa shape index (κ3) is 4.27. The van der Waals surface area contributed by atoms with Crippen molar-refractivity contribution in [2.45, 2.75) is 0 Å². The molecular formula is C21H17NO4. The lowest BCUT2D eigenvalue weighted by Crippen LogP contribution is -2.10. The summed E-state index contributed by atoms with van der Waals surface area (Å²) in [6.45, 7) is 0. The molecule has 0 bridgehead atoms. The first-order valence-corrected chi connectivity index (χ1v) is 7.97. The number of furan rings is 1. The molecule has 0 aliphatic carbocycles. The first-order chi connectivity index (χ1) is 12.7. The number of anilines is 1. The number of ketones is 1. The lowest BCUT2D eigenvalue weighted by atomic mass is 10.1. The minimum atomic E-state index is -0.339. The number of carbonyl (C=O) groups is 2. The lowest BCUT2D eigenvalue weighted by Gasteiger charge is -2.04. The van der Waals surface area contributed by atoms with E-state index in [2.05, 4.69) is 5.32 Å². The number of carbonyl (C=O) groups excluding carboxylic acids is 2. The predicted octanol–water partition coefficient (Wildman–Crippen LogP) is 4.44. The molecule has 0 atom stereocenters. The van der Waals surface area contributed by atoms with Crippen molar-refractivity contribution < 1.29 is 18.7 Å². The second-order valence-corrected chi connectivity index (χ2v) is 5.48. The summed E-state index contributed by atoms with van der Waals surface area (Å²) in [4.78, 5) is 24.2. The van der Waals surface area contributed by atoms with Gasteiger partial charge in [0.15, 0.2) is 11.5 Å². The molecular weight excluding hydrogens is 330 g/mol. The molecule has 0 aliphatic rings. The van der Waals surface area contributed by atoms with Gasteiger partial charge in [-0.05, 0) is 60.2 Å². The van der Waals surface area contributed by atoms with Crippen LogP contribution in [-0.2, 0) is 0 Å². The molecule has 0 aliphatic heterocycles. The lowest BCUT2D eigenvalue weighted by molar-refractivity contribution is 0.0996. The Morgan fingerprint density at radius 3 is 2.35 bits per heavy atom. The van der Waals surface area contributed by atoms with Crippen molar-refractivity contribution >= 4 is 23.5 Å². The minimum absolute atomic E-state index is 0.121. The molecule has 0 saturated heterocycles. The summed E-state index contributed by atoms with van der Waals surface area (Å²) in [7, 11) is 1.61. The first kappa shape index (κ1) is 17.2. The van der Waals surface area contributed by atoms with E-state index < -0.39 is 0 Å². The van der Waals surface area contributed by atoms with Crippen LogP contribution in [0.15, 0.2) is 77.4 Å². The number of allylic oxidation sites excluding steroid dienone is 1. The largest absolute Gasteiger partial charge is 0.497 e.